The summed E-state index contributed by atoms with van der Waals surface area (Å²) in [4.78, 5) is 6.57. The number of halogens is 1. The summed E-state index contributed by atoms with van der Waals surface area (Å²) in [5.41, 5.74) is 1.14. The molecular weight excluding hydrogens is 284 g/mol. The van der Waals surface area contributed by atoms with Crippen molar-refractivity contribution in [2.24, 2.45) is 4.99 Å². The van der Waals surface area contributed by atoms with Crippen LogP contribution in [0.25, 0.3) is 0 Å². The first-order chi connectivity index (χ1) is 10.1. The van der Waals surface area contributed by atoms with Crippen molar-refractivity contribution < 1.29 is 0 Å². The van der Waals surface area contributed by atoms with Crippen LogP contribution in [0.15, 0.2) is 29.3 Å². The first-order valence-corrected chi connectivity index (χ1v) is 7.83. The Labute approximate surface area is 133 Å². The molecule has 0 aliphatic rings. The predicted octanol–water partition coefficient (Wildman–Crippen LogP) is 2.74. The monoisotopic (exact) mass is 310 g/mol. The lowest BCUT2D eigenvalue weighted by Gasteiger charge is -2.24. The van der Waals surface area contributed by atoms with Gasteiger partial charge in [-0.25, -0.2) is 0 Å². The number of hydrogen-bond donors (Lipinski definition) is 2. The third kappa shape index (κ3) is 6.82. The SMILES string of the molecule is CCC(C)N(C)CCNC(=NC)NCc1cccc(Cl)c1. The second-order valence-corrected chi connectivity index (χ2v) is 5.66. The third-order valence-electron chi connectivity index (χ3n) is 3.67. The molecule has 0 saturated heterocycles. The number of guanidine groups is 1. The Morgan fingerprint density at radius 1 is 1.38 bits per heavy atom. The summed E-state index contributed by atoms with van der Waals surface area (Å²) in [5, 5.41) is 7.38. The van der Waals surface area contributed by atoms with Crippen LogP contribution in [0.4, 0.5) is 0 Å². The molecule has 1 atom stereocenters. The zero-order valence-electron chi connectivity index (χ0n) is 13.5. The highest BCUT2D eigenvalue weighted by atomic mass is 35.5. The summed E-state index contributed by atoms with van der Waals surface area (Å²) in [6.07, 6.45) is 1.16. The maximum atomic E-state index is 5.98. The number of nitrogens with zero attached hydrogens (tertiary/aromatic N) is 2. The molecule has 21 heavy (non-hydrogen) atoms. The van der Waals surface area contributed by atoms with Crippen molar-refractivity contribution in [2.75, 3.05) is 27.2 Å². The van der Waals surface area contributed by atoms with Crippen molar-refractivity contribution in [3.63, 3.8) is 0 Å². The van der Waals surface area contributed by atoms with E-state index in [1.807, 2.05) is 24.3 Å². The first kappa shape index (κ1) is 17.8. The van der Waals surface area contributed by atoms with E-state index >= 15 is 0 Å². The van der Waals surface area contributed by atoms with Crippen molar-refractivity contribution >= 4 is 17.6 Å². The van der Waals surface area contributed by atoms with Gasteiger partial charge in [0.25, 0.3) is 0 Å². The van der Waals surface area contributed by atoms with E-state index in [1.165, 1.54) is 0 Å². The second kappa shape index (κ2) is 9.64. The Balaban J connectivity index is 2.33. The zero-order chi connectivity index (χ0) is 15.7. The average molecular weight is 311 g/mol. The Morgan fingerprint density at radius 2 is 2.14 bits per heavy atom. The minimum Gasteiger partial charge on any atom is -0.355 e. The predicted molar refractivity (Wildman–Crippen MR) is 92.0 cm³/mol. The first-order valence-electron chi connectivity index (χ1n) is 7.46. The molecule has 0 radical (unpaired) electrons. The highest BCUT2D eigenvalue weighted by Crippen LogP contribution is 2.10. The van der Waals surface area contributed by atoms with Crippen LogP contribution in [0.2, 0.25) is 5.02 Å². The number of nitrogens with one attached hydrogen (secondary N) is 2. The molecule has 0 heterocycles. The highest BCUT2D eigenvalue weighted by Gasteiger charge is 2.06. The van der Waals surface area contributed by atoms with Crippen molar-refractivity contribution in [3.05, 3.63) is 34.9 Å². The molecule has 118 valence electrons. The van der Waals surface area contributed by atoms with E-state index in [0.717, 1.165) is 36.1 Å². The summed E-state index contributed by atoms with van der Waals surface area (Å²) >= 11 is 5.98. The van der Waals surface area contributed by atoms with Crippen LogP contribution in [0.1, 0.15) is 25.8 Å². The Bertz CT molecular complexity index is 448. The minimum atomic E-state index is 0.605. The summed E-state index contributed by atoms with van der Waals surface area (Å²) < 4.78 is 0. The molecule has 1 aromatic rings. The van der Waals surface area contributed by atoms with E-state index < -0.39 is 0 Å². The van der Waals surface area contributed by atoms with Gasteiger partial charge in [-0.2, -0.15) is 0 Å². The van der Waals surface area contributed by atoms with Crippen molar-refractivity contribution in [1.29, 1.82) is 0 Å². The summed E-state index contributed by atoms with van der Waals surface area (Å²) in [7, 11) is 3.93. The lowest BCUT2D eigenvalue weighted by molar-refractivity contribution is 0.255. The largest absolute Gasteiger partial charge is 0.355 e. The molecule has 0 fully saturated rings. The van der Waals surface area contributed by atoms with Gasteiger partial charge < -0.3 is 15.5 Å². The molecule has 1 aromatic carbocycles. The molecule has 0 amide bonds. The molecule has 4 nitrogen and oxygen atoms in total. The lowest BCUT2D eigenvalue weighted by atomic mass is 10.2. The van der Waals surface area contributed by atoms with Gasteiger partial charge in [-0.05, 0) is 38.1 Å². The van der Waals surface area contributed by atoms with Crippen molar-refractivity contribution in [3.8, 4) is 0 Å². The zero-order valence-corrected chi connectivity index (χ0v) is 14.2. The van der Waals surface area contributed by atoms with Gasteiger partial charge in [-0.1, -0.05) is 30.7 Å². The van der Waals surface area contributed by atoms with Gasteiger partial charge in [-0.3, -0.25) is 4.99 Å². The Kier molecular flexibility index (Phi) is 8.16. The molecule has 0 aliphatic carbocycles. The molecule has 0 aromatic heterocycles. The van der Waals surface area contributed by atoms with E-state index in [9.17, 15) is 0 Å². The molecular formula is C16H27ClN4. The van der Waals surface area contributed by atoms with Gasteiger partial charge >= 0.3 is 0 Å². The molecule has 0 saturated carbocycles. The topological polar surface area (TPSA) is 39.7 Å². The maximum Gasteiger partial charge on any atom is 0.191 e. The fourth-order valence-corrected chi connectivity index (χ4v) is 2.15. The van der Waals surface area contributed by atoms with Gasteiger partial charge in [0, 0.05) is 37.7 Å². The molecule has 5 heteroatoms. The average Bonchev–Trinajstić information content (AvgIpc) is 2.49. The van der Waals surface area contributed by atoms with Crippen LogP contribution in [0, 0.1) is 0 Å². The van der Waals surface area contributed by atoms with Crippen LogP contribution in [0.3, 0.4) is 0 Å². The second-order valence-electron chi connectivity index (χ2n) is 5.22. The number of aliphatic imine (C=N–C) groups is 1. The van der Waals surface area contributed by atoms with E-state index in [2.05, 4.69) is 41.4 Å². The van der Waals surface area contributed by atoms with Gasteiger partial charge in [0.05, 0.1) is 0 Å². The Hall–Kier alpha value is -1.26. The molecule has 0 bridgehead atoms. The molecule has 1 unspecified atom stereocenters. The molecule has 0 spiro atoms. The van der Waals surface area contributed by atoms with Crippen LogP contribution in [-0.2, 0) is 6.54 Å². The number of hydrogen-bond acceptors (Lipinski definition) is 2. The van der Waals surface area contributed by atoms with Crippen molar-refractivity contribution in [1.82, 2.24) is 15.5 Å². The number of benzene rings is 1. The fourth-order valence-electron chi connectivity index (χ4n) is 1.94. The summed E-state index contributed by atoms with van der Waals surface area (Å²) in [5.74, 6) is 0.813. The van der Waals surface area contributed by atoms with E-state index in [4.69, 9.17) is 11.6 Å². The summed E-state index contributed by atoms with van der Waals surface area (Å²) in [6, 6.07) is 8.44. The van der Waals surface area contributed by atoms with Gasteiger partial charge in [-0.15, -0.1) is 0 Å². The quantitative estimate of drug-likeness (QED) is 0.601. The van der Waals surface area contributed by atoms with E-state index in [0.29, 0.717) is 12.6 Å². The standard InChI is InChI=1S/C16H27ClN4/c1-5-13(2)21(4)10-9-19-16(18-3)20-12-14-7-6-8-15(17)11-14/h6-8,11,13H,5,9-10,12H2,1-4H3,(H2,18,19,20). The van der Waals surface area contributed by atoms with Crippen LogP contribution in [-0.4, -0.2) is 44.1 Å². The Morgan fingerprint density at radius 3 is 2.76 bits per heavy atom. The van der Waals surface area contributed by atoms with Crippen LogP contribution in [0.5, 0.6) is 0 Å². The van der Waals surface area contributed by atoms with Crippen LogP contribution >= 0.6 is 11.6 Å². The molecule has 0 aliphatic heterocycles. The summed E-state index contributed by atoms with van der Waals surface area (Å²) in [6.45, 7) is 7.02. The van der Waals surface area contributed by atoms with Crippen LogP contribution < -0.4 is 10.6 Å². The normalized spacial score (nSPS) is 13.3. The number of rotatable bonds is 7. The molecule has 1 rings (SSSR count). The highest BCUT2D eigenvalue weighted by molar-refractivity contribution is 6.30. The van der Waals surface area contributed by atoms with Gasteiger partial charge in [0.2, 0.25) is 0 Å². The van der Waals surface area contributed by atoms with E-state index in [1.54, 1.807) is 7.05 Å². The fraction of sp³-hybridized carbons (Fsp3) is 0.562. The van der Waals surface area contributed by atoms with Gasteiger partial charge in [0.1, 0.15) is 0 Å². The molecule has 2 N–H and O–H groups in total. The lowest BCUT2D eigenvalue weighted by Crippen LogP contribution is -2.42. The third-order valence-corrected chi connectivity index (χ3v) is 3.91. The smallest absolute Gasteiger partial charge is 0.191 e. The van der Waals surface area contributed by atoms with E-state index in [-0.39, 0.29) is 0 Å². The number of likely N-dealkylation sites (N-methyl/N-ethyl adjacent to an activating group) is 1. The maximum absolute atomic E-state index is 5.98. The van der Waals surface area contributed by atoms with Crippen molar-refractivity contribution in [2.45, 2.75) is 32.9 Å². The van der Waals surface area contributed by atoms with Gasteiger partial charge in [0.15, 0.2) is 5.96 Å². The minimum absolute atomic E-state index is 0.605.